The van der Waals surface area contributed by atoms with E-state index < -0.39 is 11.4 Å². The van der Waals surface area contributed by atoms with Crippen molar-refractivity contribution in [2.75, 3.05) is 20.2 Å². The first-order valence-corrected chi connectivity index (χ1v) is 7.21. The van der Waals surface area contributed by atoms with E-state index in [1.807, 2.05) is 31.2 Å². The molecule has 1 aromatic rings. The molecule has 1 fully saturated rings. The molecule has 118 valence electrons. The molecular weight excluding hydrogens is 282 g/mol. The molecule has 2 rings (SSSR count). The number of ether oxygens (including phenoxy) is 1. The van der Waals surface area contributed by atoms with Gasteiger partial charge in [-0.2, -0.15) is 0 Å². The second-order valence-electron chi connectivity index (χ2n) is 5.90. The molecular formula is C17H21NO4. The van der Waals surface area contributed by atoms with Crippen molar-refractivity contribution in [3.8, 4) is 5.75 Å². The molecule has 1 aliphatic heterocycles. The lowest BCUT2D eigenvalue weighted by Crippen LogP contribution is -2.34. The number of hydrogen-bond donors (Lipinski definition) is 1. The Morgan fingerprint density at radius 2 is 2.05 bits per heavy atom. The summed E-state index contributed by atoms with van der Waals surface area (Å²) in [5.74, 6) is -0.303. The normalized spacial score (nSPS) is 21.8. The Kier molecular flexibility index (Phi) is 4.54. The zero-order valence-electron chi connectivity index (χ0n) is 13.1. The van der Waals surface area contributed by atoms with Crippen molar-refractivity contribution in [3.63, 3.8) is 0 Å². The Morgan fingerprint density at radius 1 is 1.36 bits per heavy atom. The molecule has 0 saturated carbocycles. The molecule has 22 heavy (non-hydrogen) atoms. The SMILES string of the molecule is COc1ccccc1/C(C)=C/C(=O)N1CCC(C)(C(=O)O)C1. The van der Waals surface area contributed by atoms with E-state index in [0.29, 0.717) is 18.7 Å². The van der Waals surface area contributed by atoms with Crippen LogP contribution in [0, 0.1) is 5.41 Å². The number of rotatable bonds is 4. The van der Waals surface area contributed by atoms with E-state index in [0.717, 1.165) is 11.1 Å². The molecule has 0 aliphatic carbocycles. The third kappa shape index (κ3) is 3.13. The lowest BCUT2D eigenvalue weighted by atomic mass is 9.90. The second-order valence-corrected chi connectivity index (χ2v) is 5.90. The third-order valence-corrected chi connectivity index (χ3v) is 4.17. The van der Waals surface area contributed by atoms with Crippen molar-refractivity contribution < 1.29 is 19.4 Å². The monoisotopic (exact) mass is 303 g/mol. The number of methoxy groups -OCH3 is 1. The molecule has 1 saturated heterocycles. The fraction of sp³-hybridized carbons (Fsp3) is 0.412. The smallest absolute Gasteiger partial charge is 0.311 e. The van der Waals surface area contributed by atoms with Gasteiger partial charge in [0.25, 0.3) is 0 Å². The highest BCUT2D eigenvalue weighted by atomic mass is 16.5. The standard InChI is InChI=1S/C17H21NO4/c1-12(13-6-4-5-7-14(13)22-3)10-15(19)18-9-8-17(2,11-18)16(20)21/h4-7,10H,8-9,11H2,1-3H3,(H,20,21)/b12-10+. The highest BCUT2D eigenvalue weighted by molar-refractivity contribution is 5.96. The number of aliphatic carboxylic acids is 1. The number of amides is 1. The summed E-state index contributed by atoms with van der Waals surface area (Å²) in [6.07, 6.45) is 2.03. The third-order valence-electron chi connectivity index (χ3n) is 4.17. The Balaban J connectivity index is 2.16. The van der Waals surface area contributed by atoms with Gasteiger partial charge in [-0.25, -0.2) is 0 Å². The zero-order valence-corrected chi connectivity index (χ0v) is 13.1. The topological polar surface area (TPSA) is 66.8 Å². The van der Waals surface area contributed by atoms with Crippen LogP contribution in [0.2, 0.25) is 0 Å². The maximum absolute atomic E-state index is 12.4. The van der Waals surface area contributed by atoms with E-state index in [9.17, 15) is 14.7 Å². The summed E-state index contributed by atoms with van der Waals surface area (Å²) in [6.45, 7) is 4.25. The van der Waals surface area contributed by atoms with Gasteiger partial charge >= 0.3 is 5.97 Å². The number of carbonyl (C=O) groups is 2. The van der Waals surface area contributed by atoms with Crippen LogP contribution in [0.3, 0.4) is 0 Å². The molecule has 5 nitrogen and oxygen atoms in total. The maximum Gasteiger partial charge on any atom is 0.311 e. The summed E-state index contributed by atoms with van der Waals surface area (Å²) >= 11 is 0. The van der Waals surface area contributed by atoms with Crippen LogP contribution in [0.25, 0.3) is 5.57 Å². The van der Waals surface area contributed by atoms with Crippen molar-refractivity contribution in [1.82, 2.24) is 4.90 Å². The molecule has 1 atom stereocenters. The van der Waals surface area contributed by atoms with Gasteiger partial charge in [0.05, 0.1) is 12.5 Å². The minimum atomic E-state index is -0.853. The molecule has 5 heteroatoms. The maximum atomic E-state index is 12.4. The Labute approximate surface area is 130 Å². The highest BCUT2D eigenvalue weighted by Gasteiger charge is 2.41. The van der Waals surface area contributed by atoms with Crippen LogP contribution < -0.4 is 4.74 Å². The summed E-state index contributed by atoms with van der Waals surface area (Å²) in [6, 6.07) is 7.49. The fourth-order valence-electron chi connectivity index (χ4n) is 2.65. The number of likely N-dealkylation sites (tertiary alicyclic amines) is 1. The van der Waals surface area contributed by atoms with E-state index in [1.54, 1.807) is 25.0 Å². The Hall–Kier alpha value is -2.30. The van der Waals surface area contributed by atoms with Gasteiger partial charge in [-0.15, -0.1) is 0 Å². The van der Waals surface area contributed by atoms with Gasteiger partial charge in [0, 0.05) is 24.7 Å². The fourth-order valence-corrected chi connectivity index (χ4v) is 2.65. The van der Waals surface area contributed by atoms with Crippen molar-refractivity contribution >= 4 is 17.4 Å². The van der Waals surface area contributed by atoms with Crippen molar-refractivity contribution in [2.24, 2.45) is 5.41 Å². The van der Waals surface area contributed by atoms with E-state index in [1.165, 1.54) is 0 Å². The summed E-state index contributed by atoms with van der Waals surface area (Å²) in [5.41, 5.74) is 0.812. The molecule has 1 aromatic carbocycles. The summed E-state index contributed by atoms with van der Waals surface area (Å²) in [4.78, 5) is 25.2. The molecule has 1 aliphatic rings. The number of para-hydroxylation sites is 1. The summed E-state index contributed by atoms with van der Waals surface area (Å²) in [7, 11) is 1.59. The van der Waals surface area contributed by atoms with E-state index in [-0.39, 0.29) is 12.5 Å². The molecule has 1 N–H and O–H groups in total. The quantitative estimate of drug-likeness (QED) is 0.868. The zero-order chi connectivity index (χ0) is 16.3. The van der Waals surface area contributed by atoms with E-state index in [2.05, 4.69) is 0 Å². The van der Waals surface area contributed by atoms with Gasteiger partial charge in [-0.1, -0.05) is 18.2 Å². The summed E-state index contributed by atoms with van der Waals surface area (Å²) in [5, 5.41) is 9.23. The predicted octanol–water partition coefficient (Wildman–Crippen LogP) is 2.42. The molecule has 1 heterocycles. The van der Waals surface area contributed by atoms with E-state index >= 15 is 0 Å². The number of benzene rings is 1. The van der Waals surface area contributed by atoms with Crippen molar-refractivity contribution in [3.05, 3.63) is 35.9 Å². The van der Waals surface area contributed by atoms with Gasteiger partial charge in [0.1, 0.15) is 5.75 Å². The van der Waals surface area contributed by atoms with Crippen LogP contribution in [0.1, 0.15) is 25.8 Å². The number of nitrogens with zero attached hydrogens (tertiary/aromatic N) is 1. The lowest BCUT2D eigenvalue weighted by Gasteiger charge is -2.19. The number of carboxylic acid groups (broad SMARTS) is 1. The van der Waals surface area contributed by atoms with E-state index in [4.69, 9.17) is 4.74 Å². The van der Waals surface area contributed by atoms with Gasteiger partial charge in [0.15, 0.2) is 0 Å². The molecule has 1 amide bonds. The van der Waals surface area contributed by atoms with Crippen LogP contribution in [0.4, 0.5) is 0 Å². The van der Waals surface area contributed by atoms with Crippen LogP contribution in [-0.2, 0) is 9.59 Å². The average Bonchev–Trinajstić information content (AvgIpc) is 2.91. The number of allylic oxidation sites excluding steroid dienone is 1. The minimum Gasteiger partial charge on any atom is -0.496 e. The average molecular weight is 303 g/mol. The predicted molar refractivity (Wildman–Crippen MR) is 83.6 cm³/mol. The van der Waals surface area contributed by atoms with Crippen molar-refractivity contribution in [1.29, 1.82) is 0 Å². The van der Waals surface area contributed by atoms with Crippen molar-refractivity contribution in [2.45, 2.75) is 20.3 Å². The minimum absolute atomic E-state index is 0.159. The lowest BCUT2D eigenvalue weighted by molar-refractivity contribution is -0.147. The number of carboxylic acids is 1. The Morgan fingerprint density at radius 3 is 2.64 bits per heavy atom. The Bertz CT molecular complexity index is 623. The summed E-state index contributed by atoms with van der Waals surface area (Å²) < 4.78 is 5.29. The first kappa shape index (κ1) is 16.1. The van der Waals surface area contributed by atoms with Gasteiger partial charge in [-0.05, 0) is 31.9 Å². The molecule has 0 aromatic heterocycles. The van der Waals surface area contributed by atoms with Gasteiger partial charge in [0.2, 0.25) is 5.91 Å². The van der Waals surface area contributed by atoms with Gasteiger partial charge < -0.3 is 14.7 Å². The molecule has 1 unspecified atom stereocenters. The van der Waals surface area contributed by atoms with Crippen LogP contribution in [0.15, 0.2) is 30.3 Å². The molecule has 0 spiro atoms. The first-order chi connectivity index (χ1) is 10.4. The molecule has 0 radical (unpaired) electrons. The second kappa shape index (κ2) is 6.22. The largest absolute Gasteiger partial charge is 0.496 e. The first-order valence-electron chi connectivity index (χ1n) is 7.21. The highest BCUT2D eigenvalue weighted by Crippen LogP contribution is 2.31. The van der Waals surface area contributed by atoms with Crippen LogP contribution >= 0.6 is 0 Å². The van der Waals surface area contributed by atoms with Crippen LogP contribution in [0.5, 0.6) is 5.75 Å². The number of hydrogen-bond acceptors (Lipinski definition) is 3. The molecule has 0 bridgehead atoms. The van der Waals surface area contributed by atoms with Gasteiger partial charge in [-0.3, -0.25) is 9.59 Å². The number of carbonyl (C=O) groups excluding carboxylic acids is 1. The van der Waals surface area contributed by atoms with Crippen LogP contribution in [-0.4, -0.2) is 42.1 Å².